The van der Waals surface area contributed by atoms with Crippen molar-refractivity contribution in [2.24, 2.45) is 23.7 Å². The molecule has 2 rings (SSSR count). The smallest absolute Gasteiger partial charge is 0.321 e. The highest BCUT2D eigenvalue weighted by Crippen LogP contribution is 2.24. The Kier molecular flexibility index (Phi) is 14.7. The van der Waals surface area contributed by atoms with Crippen LogP contribution in [0.2, 0.25) is 0 Å². The van der Waals surface area contributed by atoms with Crippen LogP contribution in [0, 0.1) is 23.7 Å². The predicted molar refractivity (Wildman–Crippen MR) is 170 cm³/mol. The van der Waals surface area contributed by atoms with Crippen molar-refractivity contribution in [2.45, 2.75) is 92.6 Å². The molecule has 0 radical (unpaired) electrons. The third-order valence-electron chi connectivity index (χ3n) is 7.32. The summed E-state index contributed by atoms with van der Waals surface area (Å²) in [7, 11) is 0. The van der Waals surface area contributed by atoms with Gasteiger partial charge in [0.25, 0.3) is 0 Å². The fourth-order valence-corrected chi connectivity index (χ4v) is 4.44. The number of carbonyl (C=O) groups excluding carboxylic acids is 4. The van der Waals surface area contributed by atoms with E-state index >= 15 is 0 Å². The summed E-state index contributed by atoms with van der Waals surface area (Å²) < 4.78 is 28.0. The van der Waals surface area contributed by atoms with Crippen molar-refractivity contribution in [2.75, 3.05) is 13.2 Å². The fraction of sp³-hybridized carbons (Fsp3) is 0.556. The van der Waals surface area contributed by atoms with Crippen LogP contribution in [0.15, 0.2) is 60.7 Å². The van der Waals surface area contributed by atoms with E-state index < -0.39 is 46.9 Å². The van der Waals surface area contributed by atoms with Gasteiger partial charge in [-0.2, -0.15) is 0 Å². The molecule has 0 aliphatic carbocycles. The highest BCUT2D eigenvalue weighted by Gasteiger charge is 2.37. The molecule has 0 saturated carbocycles. The van der Waals surface area contributed by atoms with E-state index in [0.717, 1.165) is 11.1 Å². The molecule has 9 nitrogen and oxygen atoms in total. The Balaban J connectivity index is 1.80. The molecule has 0 amide bonds. The summed E-state index contributed by atoms with van der Waals surface area (Å²) in [6, 6.07) is 18.5. The zero-order chi connectivity index (χ0) is 33.6. The molecule has 2 aromatic carbocycles. The average Bonchev–Trinajstić information content (AvgIpc) is 2.95. The van der Waals surface area contributed by atoms with E-state index in [0.29, 0.717) is 12.8 Å². The third kappa shape index (κ3) is 13.4. The van der Waals surface area contributed by atoms with Crippen molar-refractivity contribution in [3.63, 3.8) is 0 Å². The van der Waals surface area contributed by atoms with E-state index in [2.05, 4.69) is 0 Å². The van der Waals surface area contributed by atoms with E-state index in [4.69, 9.17) is 23.7 Å². The van der Waals surface area contributed by atoms with Crippen LogP contribution in [0.1, 0.15) is 79.4 Å². The van der Waals surface area contributed by atoms with Crippen molar-refractivity contribution in [1.29, 1.82) is 0 Å². The van der Waals surface area contributed by atoms with Crippen LogP contribution in [0.25, 0.3) is 0 Å². The monoisotopic (exact) mass is 626 g/mol. The van der Waals surface area contributed by atoms with Gasteiger partial charge in [-0.05, 0) is 50.7 Å². The van der Waals surface area contributed by atoms with Gasteiger partial charge in [0, 0.05) is 12.8 Å². The van der Waals surface area contributed by atoms with Crippen molar-refractivity contribution in [3.8, 4) is 0 Å². The number of esters is 4. The van der Waals surface area contributed by atoms with Gasteiger partial charge in [0.05, 0.1) is 18.8 Å². The second-order valence-electron chi connectivity index (χ2n) is 13.1. The van der Waals surface area contributed by atoms with Gasteiger partial charge < -0.3 is 23.7 Å². The predicted octanol–water partition coefficient (Wildman–Crippen LogP) is 6.46. The van der Waals surface area contributed by atoms with Gasteiger partial charge in [0.2, 0.25) is 0 Å². The molecule has 1 unspecified atom stereocenters. The minimum absolute atomic E-state index is 0.0561. The average molecular weight is 627 g/mol. The number of hydrogen-bond acceptors (Lipinski definition) is 9. The van der Waals surface area contributed by atoms with Gasteiger partial charge in [0.1, 0.15) is 18.8 Å². The summed E-state index contributed by atoms with van der Waals surface area (Å²) >= 11 is 0. The zero-order valence-electron chi connectivity index (χ0n) is 28.0. The Bertz CT molecular complexity index is 1220. The topological polar surface area (TPSA) is 114 Å². The van der Waals surface area contributed by atoms with E-state index in [1.165, 1.54) is 0 Å². The molecule has 0 N–H and O–H groups in total. The number of rotatable bonds is 18. The molecule has 0 fully saturated rings. The summed E-state index contributed by atoms with van der Waals surface area (Å²) in [6.45, 7) is 14.8. The van der Waals surface area contributed by atoms with Gasteiger partial charge in [0.15, 0.2) is 11.8 Å². The minimum Gasteiger partial charge on any atom is -0.465 e. The third-order valence-corrected chi connectivity index (χ3v) is 7.32. The molecule has 2 atom stereocenters. The lowest BCUT2D eigenvalue weighted by atomic mass is 9.95. The first-order valence-electron chi connectivity index (χ1n) is 15.6. The Labute approximate surface area is 267 Å². The molecular formula is C36H50O9. The van der Waals surface area contributed by atoms with Gasteiger partial charge >= 0.3 is 23.9 Å². The van der Waals surface area contributed by atoms with Crippen LogP contribution < -0.4 is 0 Å². The highest BCUT2D eigenvalue weighted by atomic mass is 16.6. The van der Waals surface area contributed by atoms with Gasteiger partial charge in [-0.3, -0.25) is 19.2 Å². The van der Waals surface area contributed by atoms with Gasteiger partial charge in [-0.25, -0.2) is 0 Å². The van der Waals surface area contributed by atoms with Crippen molar-refractivity contribution < 1.29 is 42.9 Å². The lowest BCUT2D eigenvalue weighted by Crippen LogP contribution is -2.39. The van der Waals surface area contributed by atoms with Crippen LogP contribution in [-0.4, -0.2) is 48.3 Å². The summed E-state index contributed by atoms with van der Waals surface area (Å²) in [5.74, 6) is -5.19. The van der Waals surface area contributed by atoms with E-state index in [9.17, 15) is 19.2 Å². The fourth-order valence-electron chi connectivity index (χ4n) is 4.44. The van der Waals surface area contributed by atoms with Crippen LogP contribution in [-0.2, 0) is 56.1 Å². The number of hydrogen-bond donors (Lipinski definition) is 0. The van der Waals surface area contributed by atoms with Crippen molar-refractivity contribution >= 4 is 23.9 Å². The van der Waals surface area contributed by atoms with E-state index in [1.807, 2.05) is 74.5 Å². The minimum atomic E-state index is -1.05. The van der Waals surface area contributed by atoms with Crippen LogP contribution in [0.4, 0.5) is 0 Å². The first-order chi connectivity index (χ1) is 21.1. The second kappa shape index (κ2) is 17.7. The van der Waals surface area contributed by atoms with Crippen molar-refractivity contribution in [3.05, 3.63) is 71.8 Å². The zero-order valence-corrected chi connectivity index (χ0v) is 28.0. The summed E-state index contributed by atoms with van der Waals surface area (Å²) in [5.41, 5.74) is 0.0950. The van der Waals surface area contributed by atoms with Crippen LogP contribution in [0.5, 0.6) is 0 Å². The SMILES string of the molecule is CC(C)C(C(=O)OCc1ccccc1)C(=O)OC(C)(C)CCOC(C)(C)CCOC(=O)[C@@H](C(=O)OCc1ccccc1)C(C)C. The summed E-state index contributed by atoms with van der Waals surface area (Å²) in [5, 5.41) is 0. The van der Waals surface area contributed by atoms with E-state index in [-0.39, 0.29) is 38.3 Å². The Morgan fingerprint density at radius 1 is 0.556 bits per heavy atom. The molecule has 0 spiro atoms. The second-order valence-corrected chi connectivity index (χ2v) is 13.1. The maximum Gasteiger partial charge on any atom is 0.321 e. The lowest BCUT2D eigenvalue weighted by molar-refractivity contribution is -0.174. The van der Waals surface area contributed by atoms with Crippen LogP contribution >= 0.6 is 0 Å². The number of carbonyl (C=O) groups is 4. The first kappa shape index (κ1) is 37.5. The molecule has 0 bridgehead atoms. The quantitative estimate of drug-likeness (QED) is 0.104. The molecule has 0 saturated heterocycles. The lowest BCUT2D eigenvalue weighted by Gasteiger charge is -2.31. The molecule has 2 aromatic rings. The largest absolute Gasteiger partial charge is 0.465 e. The molecule has 9 heteroatoms. The van der Waals surface area contributed by atoms with Gasteiger partial charge in [-0.15, -0.1) is 0 Å². The Morgan fingerprint density at radius 2 is 0.956 bits per heavy atom. The standard InChI is InChI=1S/C36H50O9/c1-25(2)29(32(38)42-23-27-15-11-9-12-16-27)31(37)41-21-19-35(5,6)44-22-20-36(7,8)45-34(40)30(26(3)4)33(39)43-24-28-17-13-10-14-18-28/h9-18,25-26,29-30H,19-24H2,1-8H3/t29-,30?/m0/s1. The summed E-state index contributed by atoms with van der Waals surface area (Å²) in [4.78, 5) is 51.3. The molecule has 0 heterocycles. The molecule has 45 heavy (non-hydrogen) atoms. The molecule has 0 aliphatic heterocycles. The van der Waals surface area contributed by atoms with Gasteiger partial charge in [-0.1, -0.05) is 88.4 Å². The normalized spacial score (nSPS) is 13.2. The first-order valence-corrected chi connectivity index (χ1v) is 15.6. The Morgan fingerprint density at radius 3 is 1.40 bits per heavy atom. The maximum atomic E-state index is 13.0. The molecule has 248 valence electrons. The molecule has 0 aliphatic rings. The Hall–Kier alpha value is -3.72. The number of ether oxygens (including phenoxy) is 5. The van der Waals surface area contributed by atoms with Crippen molar-refractivity contribution in [1.82, 2.24) is 0 Å². The number of benzene rings is 2. The van der Waals surface area contributed by atoms with Crippen LogP contribution in [0.3, 0.4) is 0 Å². The molecular weight excluding hydrogens is 576 g/mol. The maximum absolute atomic E-state index is 13.0. The summed E-state index contributed by atoms with van der Waals surface area (Å²) in [6.07, 6.45) is 0.750. The molecule has 0 aromatic heterocycles. The van der Waals surface area contributed by atoms with E-state index in [1.54, 1.807) is 41.5 Å². The highest BCUT2D eigenvalue weighted by molar-refractivity contribution is 5.95.